The minimum Gasteiger partial charge on any atom is -0.357 e. The van der Waals surface area contributed by atoms with Crippen LogP contribution in [0.25, 0.3) is 0 Å². The van der Waals surface area contributed by atoms with Gasteiger partial charge in [0.2, 0.25) is 21.8 Å². The van der Waals surface area contributed by atoms with Crippen molar-refractivity contribution in [2.24, 2.45) is 0 Å². The van der Waals surface area contributed by atoms with E-state index in [-0.39, 0.29) is 39.6 Å². The number of likely N-dealkylation sites (N-methyl/N-ethyl adjacent to an activating group) is 1. The maximum Gasteiger partial charge on any atom is 0.244 e. The average molecular weight is 583 g/mol. The van der Waals surface area contributed by atoms with Crippen molar-refractivity contribution in [1.29, 1.82) is 0 Å². The summed E-state index contributed by atoms with van der Waals surface area (Å²) in [6, 6.07) is 20.1. The number of carbonyl (C=O) groups is 2. The van der Waals surface area contributed by atoms with Crippen LogP contribution in [0.15, 0.2) is 72.8 Å². The van der Waals surface area contributed by atoms with Crippen molar-refractivity contribution < 1.29 is 18.0 Å². The molecule has 0 aliphatic rings. The third-order valence-corrected chi connectivity index (χ3v) is 7.80. The number of carbonyl (C=O) groups excluding carboxylic acids is 2. The molecule has 3 rings (SSSR count). The van der Waals surface area contributed by atoms with Gasteiger partial charge in [-0.15, -0.1) is 0 Å². The molecule has 0 spiro atoms. The molecular weight excluding hydrogens is 557 g/mol. The average Bonchev–Trinajstić information content (AvgIpc) is 2.87. The van der Waals surface area contributed by atoms with E-state index in [9.17, 15) is 18.0 Å². The van der Waals surface area contributed by atoms with Crippen LogP contribution in [0.4, 0.5) is 5.69 Å². The predicted molar refractivity (Wildman–Crippen MR) is 149 cm³/mol. The number of hydrogen-bond donors (Lipinski definition) is 1. The molecule has 1 atom stereocenters. The second-order valence-corrected chi connectivity index (χ2v) is 11.4. The van der Waals surface area contributed by atoms with Crippen LogP contribution in [-0.4, -0.2) is 51.0 Å². The molecule has 0 unspecified atom stereocenters. The highest BCUT2D eigenvalue weighted by Gasteiger charge is 2.33. The standard InChI is InChI=1S/C26H26Cl3N3O4S/c1-30-26(34)24(13-18-9-5-3-6-10-18)31(16-19-11-7-4-8-12-19)25(33)17-32(37(2,35)36)23-15-21(28)20(27)14-22(23)29/h3-12,14-15,24H,13,16-17H2,1-2H3,(H,30,34)/t24-/m1/s1. The van der Waals surface area contributed by atoms with E-state index in [1.54, 1.807) is 0 Å². The molecule has 3 aromatic rings. The van der Waals surface area contributed by atoms with E-state index in [0.717, 1.165) is 21.7 Å². The molecular formula is C26H26Cl3N3O4S. The SMILES string of the molecule is CNC(=O)[C@@H](Cc1ccccc1)N(Cc1ccccc1)C(=O)CN(c1cc(Cl)c(Cl)cc1Cl)S(C)(=O)=O. The highest BCUT2D eigenvalue weighted by atomic mass is 35.5. The summed E-state index contributed by atoms with van der Waals surface area (Å²) in [5.41, 5.74) is 1.62. The first-order chi connectivity index (χ1) is 17.5. The van der Waals surface area contributed by atoms with Crippen LogP contribution in [0.2, 0.25) is 15.1 Å². The highest BCUT2D eigenvalue weighted by Crippen LogP contribution is 2.35. The topological polar surface area (TPSA) is 86.8 Å². The van der Waals surface area contributed by atoms with E-state index in [0.29, 0.717) is 0 Å². The molecule has 0 saturated carbocycles. The number of sulfonamides is 1. The summed E-state index contributed by atoms with van der Waals surface area (Å²) in [6.45, 7) is -0.525. The first-order valence-electron chi connectivity index (χ1n) is 11.2. The van der Waals surface area contributed by atoms with Crippen molar-refractivity contribution >= 4 is 62.3 Å². The monoisotopic (exact) mass is 581 g/mol. The van der Waals surface area contributed by atoms with Gasteiger partial charge in [0.15, 0.2) is 0 Å². The predicted octanol–water partition coefficient (Wildman–Crippen LogP) is 4.80. The van der Waals surface area contributed by atoms with Crippen LogP contribution in [0.5, 0.6) is 0 Å². The molecule has 0 fully saturated rings. The van der Waals surface area contributed by atoms with Crippen molar-refractivity contribution in [3.8, 4) is 0 Å². The molecule has 2 amide bonds. The molecule has 11 heteroatoms. The van der Waals surface area contributed by atoms with Crippen molar-refractivity contribution in [1.82, 2.24) is 10.2 Å². The second-order valence-electron chi connectivity index (χ2n) is 8.31. The first-order valence-corrected chi connectivity index (χ1v) is 14.2. The lowest BCUT2D eigenvalue weighted by molar-refractivity contribution is -0.139. The Kier molecular flexibility index (Phi) is 9.84. The van der Waals surface area contributed by atoms with Gasteiger partial charge >= 0.3 is 0 Å². The van der Waals surface area contributed by atoms with Crippen molar-refractivity contribution in [2.75, 3.05) is 24.2 Å². The molecule has 0 saturated heterocycles. The number of anilines is 1. The van der Waals surface area contributed by atoms with Crippen LogP contribution >= 0.6 is 34.8 Å². The van der Waals surface area contributed by atoms with Crippen LogP contribution in [0.1, 0.15) is 11.1 Å². The summed E-state index contributed by atoms with van der Waals surface area (Å²) in [7, 11) is -2.49. The number of benzene rings is 3. The Hall–Kier alpha value is -2.78. The number of hydrogen-bond acceptors (Lipinski definition) is 4. The van der Waals surface area contributed by atoms with Crippen LogP contribution < -0.4 is 9.62 Å². The van der Waals surface area contributed by atoms with E-state index >= 15 is 0 Å². The lowest BCUT2D eigenvalue weighted by Gasteiger charge is -2.33. The Morgan fingerprint density at radius 3 is 1.95 bits per heavy atom. The third kappa shape index (κ3) is 7.61. The zero-order valence-electron chi connectivity index (χ0n) is 20.2. The van der Waals surface area contributed by atoms with Crippen molar-refractivity contribution in [3.63, 3.8) is 0 Å². The third-order valence-electron chi connectivity index (χ3n) is 5.65. The lowest BCUT2D eigenvalue weighted by atomic mass is 10.0. The Balaban J connectivity index is 2.05. The second kappa shape index (κ2) is 12.6. The van der Waals surface area contributed by atoms with Gasteiger partial charge in [0.25, 0.3) is 0 Å². The summed E-state index contributed by atoms with van der Waals surface area (Å²) in [6.07, 6.45) is 1.19. The molecule has 0 aliphatic heterocycles. The van der Waals surface area contributed by atoms with Crippen LogP contribution in [0, 0.1) is 0 Å². The summed E-state index contributed by atoms with van der Waals surface area (Å²) >= 11 is 18.4. The van der Waals surface area contributed by atoms with Crippen molar-refractivity contribution in [2.45, 2.75) is 19.0 Å². The van der Waals surface area contributed by atoms with E-state index in [4.69, 9.17) is 34.8 Å². The molecule has 0 aromatic heterocycles. The molecule has 7 nitrogen and oxygen atoms in total. The summed E-state index contributed by atoms with van der Waals surface area (Å²) in [5.74, 6) is -0.979. The molecule has 37 heavy (non-hydrogen) atoms. The van der Waals surface area contributed by atoms with Crippen molar-refractivity contribution in [3.05, 3.63) is 99.0 Å². The zero-order valence-corrected chi connectivity index (χ0v) is 23.3. The van der Waals surface area contributed by atoms with Crippen LogP contribution in [0.3, 0.4) is 0 Å². The zero-order chi connectivity index (χ0) is 27.2. The fourth-order valence-corrected chi connectivity index (χ4v) is 5.35. The van der Waals surface area contributed by atoms with Crippen LogP contribution in [-0.2, 0) is 32.6 Å². The van der Waals surface area contributed by atoms with Gasteiger partial charge in [0.1, 0.15) is 12.6 Å². The Labute approximate surface area is 232 Å². The summed E-state index contributed by atoms with van der Waals surface area (Å²) < 4.78 is 26.4. The fourth-order valence-electron chi connectivity index (χ4n) is 3.80. The minimum atomic E-state index is -3.98. The highest BCUT2D eigenvalue weighted by molar-refractivity contribution is 7.92. The van der Waals surface area contributed by atoms with E-state index in [2.05, 4.69) is 5.32 Å². The van der Waals surface area contributed by atoms with Gasteiger partial charge in [0.05, 0.1) is 27.0 Å². The first kappa shape index (κ1) is 28.8. The maximum absolute atomic E-state index is 13.8. The summed E-state index contributed by atoms with van der Waals surface area (Å²) in [5, 5.41) is 2.86. The molecule has 0 heterocycles. The van der Waals surface area contributed by atoms with Gasteiger partial charge < -0.3 is 10.2 Å². The van der Waals surface area contributed by atoms with Gasteiger partial charge in [-0.3, -0.25) is 13.9 Å². The normalized spacial score (nSPS) is 12.0. The Bertz CT molecular complexity index is 1360. The summed E-state index contributed by atoms with van der Waals surface area (Å²) in [4.78, 5) is 28.3. The van der Waals surface area contributed by atoms with Gasteiger partial charge in [-0.25, -0.2) is 8.42 Å². The quantitative estimate of drug-likeness (QED) is 0.348. The Morgan fingerprint density at radius 1 is 0.865 bits per heavy atom. The molecule has 0 bridgehead atoms. The lowest BCUT2D eigenvalue weighted by Crippen LogP contribution is -2.52. The smallest absolute Gasteiger partial charge is 0.244 e. The number of rotatable bonds is 10. The maximum atomic E-state index is 13.8. The fraction of sp³-hybridized carbons (Fsp3) is 0.231. The largest absolute Gasteiger partial charge is 0.357 e. The number of nitrogens with one attached hydrogen (secondary N) is 1. The van der Waals surface area contributed by atoms with Gasteiger partial charge in [-0.1, -0.05) is 95.5 Å². The number of halogens is 3. The van der Waals surface area contributed by atoms with Gasteiger partial charge in [-0.2, -0.15) is 0 Å². The molecule has 3 aromatic carbocycles. The number of nitrogens with zero attached hydrogens (tertiary/aromatic N) is 2. The molecule has 0 radical (unpaired) electrons. The minimum absolute atomic E-state index is 0.00568. The number of amides is 2. The Morgan fingerprint density at radius 2 is 1.41 bits per heavy atom. The molecule has 0 aliphatic carbocycles. The van der Waals surface area contributed by atoms with E-state index < -0.39 is 28.5 Å². The van der Waals surface area contributed by atoms with E-state index in [1.165, 1.54) is 24.1 Å². The molecule has 1 N–H and O–H groups in total. The van der Waals surface area contributed by atoms with Gasteiger partial charge in [0, 0.05) is 20.0 Å². The molecule has 196 valence electrons. The van der Waals surface area contributed by atoms with Gasteiger partial charge in [-0.05, 0) is 23.3 Å². The van der Waals surface area contributed by atoms with E-state index in [1.807, 2.05) is 60.7 Å².